The molecule has 106 valence electrons. The highest BCUT2D eigenvalue weighted by atomic mass is 19.4. The predicted molar refractivity (Wildman–Crippen MR) is 63.7 cm³/mol. The van der Waals surface area contributed by atoms with Crippen LogP contribution in [0, 0.1) is 0 Å². The third-order valence-corrected chi connectivity index (χ3v) is 3.46. The van der Waals surface area contributed by atoms with Gasteiger partial charge in [0.15, 0.2) is 0 Å². The van der Waals surface area contributed by atoms with Crippen molar-refractivity contribution in [3.05, 3.63) is 24.0 Å². The van der Waals surface area contributed by atoms with Crippen molar-refractivity contribution in [2.75, 3.05) is 13.2 Å². The van der Waals surface area contributed by atoms with Gasteiger partial charge in [-0.2, -0.15) is 13.2 Å². The fourth-order valence-corrected chi connectivity index (χ4v) is 2.24. The van der Waals surface area contributed by atoms with Gasteiger partial charge in [-0.05, 0) is 24.8 Å². The molecule has 0 amide bonds. The number of hydrogen-bond donors (Lipinski definition) is 2. The Balaban J connectivity index is 2.36. The van der Waals surface area contributed by atoms with Crippen LogP contribution in [-0.2, 0) is 4.74 Å². The van der Waals surface area contributed by atoms with Crippen LogP contribution in [0.5, 0.6) is 0 Å². The number of rotatable bonds is 0. The summed E-state index contributed by atoms with van der Waals surface area (Å²) in [5, 5.41) is 12.9. The second-order valence-corrected chi connectivity index (χ2v) is 4.61. The normalized spacial score (nSPS) is 37.6. The van der Waals surface area contributed by atoms with E-state index in [9.17, 15) is 18.3 Å². The van der Waals surface area contributed by atoms with E-state index in [2.05, 4.69) is 10.3 Å². The fraction of sp³-hybridized carbons (Fsp3) is 0.583. The van der Waals surface area contributed by atoms with Crippen LogP contribution in [0.25, 0.3) is 0 Å². The summed E-state index contributed by atoms with van der Waals surface area (Å²) in [4.78, 5) is 3.47. The molecule has 0 aromatic rings. The van der Waals surface area contributed by atoms with Crippen molar-refractivity contribution in [1.29, 1.82) is 0 Å². The lowest BCUT2D eigenvalue weighted by Crippen LogP contribution is -2.58. The molecule has 19 heavy (non-hydrogen) atoms. The van der Waals surface area contributed by atoms with Gasteiger partial charge in [0, 0.05) is 19.2 Å². The van der Waals surface area contributed by atoms with Crippen molar-refractivity contribution in [3.8, 4) is 0 Å². The number of halogens is 3. The highest BCUT2D eigenvalue weighted by molar-refractivity contribution is 5.99. The minimum atomic E-state index is -4.49. The SMILES string of the molecule is C/C1=C\N=C(\C(F)(F)F)C=CNC12CCOCC2O. The first-order valence-electron chi connectivity index (χ1n) is 5.88. The summed E-state index contributed by atoms with van der Waals surface area (Å²) in [6.07, 6.45) is -1.63. The molecule has 2 rings (SSSR count). The number of nitrogens with zero attached hydrogens (tertiary/aromatic N) is 1. The van der Waals surface area contributed by atoms with Crippen LogP contribution in [0.2, 0.25) is 0 Å². The predicted octanol–water partition coefficient (Wildman–Crippen LogP) is 1.53. The fourth-order valence-electron chi connectivity index (χ4n) is 2.24. The molecule has 0 radical (unpaired) electrons. The Morgan fingerprint density at radius 2 is 2.26 bits per heavy atom. The maximum Gasteiger partial charge on any atom is 0.433 e. The number of hydrogen-bond acceptors (Lipinski definition) is 4. The molecule has 1 spiro atoms. The van der Waals surface area contributed by atoms with E-state index in [1.165, 1.54) is 6.20 Å². The third-order valence-electron chi connectivity index (χ3n) is 3.46. The lowest BCUT2D eigenvalue weighted by molar-refractivity contribution is -0.0584. The molecule has 1 saturated heterocycles. The quantitative estimate of drug-likeness (QED) is 0.705. The van der Waals surface area contributed by atoms with Gasteiger partial charge in [-0.25, -0.2) is 0 Å². The van der Waals surface area contributed by atoms with Gasteiger partial charge in [0.2, 0.25) is 0 Å². The average molecular weight is 276 g/mol. The minimum Gasteiger partial charge on any atom is -0.388 e. The average Bonchev–Trinajstić information content (AvgIpc) is 2.31. The summed E-state index contributed by atoms with van der Waals surface area (Å²) in [6.45, 7) is 2.22. The van der Waals surface area contributed by atoms with E-state index in [0.717, 1.165) is 12.3 Å². The van der Waals surface area contributed by atoms with Crippen LogP contribution in [0.1, 0.15) is 13.3 Å². The zero-order chi connectivity index (χ0) is 14.1. The van der Waals surface area contributed by atoms with Gasteiger partial charge in [-0.15, -0.1) is 0 Å². The molecule has 0 bridgehead atoms. The highest BCUT2D eigenvalue weighted by Gasteiger charge is 2.42. The van der Waals surface area contributed by atoms with Crippen LogP contribution >= 0.6 is 0 Å². The van der Waals surface area contributed by atoms with Crippen LogP contribution in [0.15, 0.2) is 29.0 Å². The highest BCUT2D eigenvalue weighted by Crippen LogP contribution is 2.30. The van der Waals surface area contributed by atoms with Crippen LogP contribution in [0.4, 0.5) is 13.2 Å². The van der Waals surface area contributed by atoms with Gasteiger partial charge in [-0.1, -0.05) is 0 Å². The molecule has 4 nitrogen and oxygen atoms in total. The molecular weight excluding hydrogens is 261 g/mol. The Labute approximate surface area is 108 Å². The van der Waals surface area contributed by atoms with E-state index in [4.69, 9.17) is 4.74 Å². The van der Waals surface area contributed by atoms with E-state index in [1.807, 2.05) is 0 Å². The van der Waals surface area contributed by atoms with E-state index in [-0.39, 0.29) is 6.61 Å². The lowest BCUT2D eigenvalue weighted by atomic mass is 9.81. The maximum absolute atomic E-state index is 12.6. The molecular formula is C12H15F3N2O2. The van der Waals surface area contributed by atoms with E-state index in [0.29, 0.717) is 18.6 Å². The Kier molecular flexibility index (Phi) is 3.69. The monoisotopic (exact) mass is 276 g/mol. The number of aliphatic hydroxyl groups is 1. The van der Waals surface area contributed by atoms with Gasteiger partial charge >= 0.3 is 6.18 Å². The summed E-state index contributed by atoms with van der Waals surface area (Å²) in [6, 6.07) is 0. The standard InChI is InChI=1S/C12H15F3N2O2/c1-8-6-16-9(12(13,14)15)2-4-17-11(8)3-5-19-7-10(11)18/h2,4,6,10,17-18H,3,5,7H2,1H3/b4-2?,8-6+,16-9+. The molecule has 0 aromatic carbocycles. The van der Waals surface area contributed by atoms with Crippen LogP contribution in [0.3, 0.4) is 0 Å². The van der Waals surface area contributed by atoms with Gasteiger partial charge in [-0.3, -0.25) is 4.99 Å². The summed E-state index contributed by atoms with van der Waals surface area (Å²) in [7, 11) is 0. The molecule has 7 heteroatoms. The first kappa shape index (κ1) is 14.1. The third kappa shape index (κ3) is 2.66. The van der Waals surface area contributed by atoms with Crippen LogP contribution < -0.4 is 5.32 Å². The summed E-state index contributed by atoms with van der Waals surface area (Å²) < 4.78 is 42.9. The molecule has 2 aliphatic heterocycles. The smallest absolute Gasteiger partial charge is 0.388 e. The van der Waals surface area contributed by atoms with Crippen molar-refractivity contribution >= 4 is 5.71 Å². The Bertz CT molecular complexity index is 443. The number of aliphatic hydroxyl groups excluding tert-OH is 1. The van der Waals surface area contributed by atoms with Crippen molar-refractivity contribution in [2.24, 2.45) is 4.99 Å². The Morgan fingerprint density at radius 3 is 2.89 bits per heavy atom. The molecule has 2 aliphatic rings. The van der Waals surface area contributed by atoms with Gasteiger partial charge < -0.3 is 15.2 Å². The first-order valence-corrected chi connectivity index (χ1v) is 5.88. The second kappa shape index (κ2) is 4.97. The van der Waals surface area contributed by atoms with E-state index in [1.54, 1.807) is 6.92 Å². The molecule has 0 saturated carbocycles. The van der Waals surface area contributed by atoms with Gasteiger partial charge in [0.25, 0.3) is 0 Å². The maximum atomic E-state index is 12.6. The topological polar surface area (TPSA) is 53.9 Å². The lowest BCUT2D eigenvalue weighted by Gasteiger charge is -2.42. The zero-order valence-corrected chi connectivity index (χ0v) is 10.4. The summed E-state index contributed by atoms with van der Waals surface area (Å²) >= 11 is 0. The first-order chi connectivity index (χ1) is 8.86. The molecule has 2 atom stereocenters. The van der Waals surface area contributed by atoms with Gasteiger partial charge in [0.1, 0.15) is 11.8 Å². The van der Waals surface area contributed by atoms with Crippen molar-refractivity contribution in [2.45, 2.75) is 31.2 Å². The molecule has 2 N–H and O–H groups in total. The molecule has 0 aliphatic carbocycles. The van der Waals surface area contributed by atoms with E-state index >= 15 is 0 Å². The number of aliphatic imine (C=N–C) groups is 1. The second-order valence-electron chi connectivity index (χ2n) is 4.61. The number of nitrogens with one attached hydrogen (secondary N) is 1. The van der Waals surface area contributed by atoms with Crippen LogP contribution in [-0.4, -0.2) is 41.9 Å². The molecule has 2 heterocycles. The molecule has 2 unspecified atom stereocenters. The zero-order valence-electron chi connectivity index (χ0n) is 10.4. The summed E-state index contributed by atoms with van der Waals surface area (Å²) in [5.41, 5.74) is -1.24. The number of allylic oxidation sites excluding steroid dienone is 1. The van der Waals surface area contributed by atoms with Crippen molar-refractivity contribution in [3.63, 3.8) is 0 Å². The minimum absolute atomic E-state index is 0.141. The summed E-state index contributed by atoms with van der Waals surface area (Å²) in [5.74, 6) is 0. The number of alkyl halides is 3. The molecule has 1 fully saturated rings. The number of ether oxygens (including phenoxy) is 1. The van der Waals surface area contributed by atoms with Gasteiger partial charge in [0.05, 0.1) is 12.1 Å². The van der Waals surface area contributed by atoms with E-state index < -0.39 is 23.5 Å². The van der Waals surface area contributed by atoms with Crippen molar-refractivity contribution in [1.82, 2.24) is 5.32 Å². The Morgan fingerprint density at radius 1 is 1.53 bits per heavy atom. The molecule has 0 aromatic heterocycles. The Hall–Kier alpha value is -1.34. The van der Waals surface area contributed by atoms with Crippen molar-refractivity contribution < 1.29 is 23.0 Å². The largest absolute Gasteiger partial charge is 0.433 e.